The normalized spacial score (nSPS) is 14.4. The van der Waals surface area contributed by atoms with Gasteiger partial charge in [-0.05, 0) is 26.7 Å². The number of nitrogens with one attached hydrogen (secondary N) is 2. The Morgan fingerprint density at radius 3 is 2.57 bits per heavy atom. The van der Waals surface area contributed by atoms with Crippen LogP contribution in [-0.4, -0.2) is 52.6 Å². The summed E-state index contributed by atoms with van der Waals surface area (Å²) in [6.45, 7) is 2.57. The number of rotatable bonds is 7. The van der Waals surface area contributed by atoms with Gasteiger partial charge in [0.15, 0.2) is 5.69 Å². The van der Waals surface area contributed by atoms with Crippen LogP contribution in [0.25, 0.3) is 0 Å². The average molecular weight is 343 g/mol. The van der Waals surface area contributed by atoms with E-state index in [4.69, 9.17) is 4.74 Å². The second-order valence-electron chi connectivity index (χ2n) is 5.68. The van der Waals surface area contributed by atoms with Crippen LogP contribution >= 0.6 is 11.3 Å². The number of hydrogen-bond donors (Lipinski definition) is 4. The Morgan fingerprint density at radius 1 is 1.39 bits per heavy atom. The summed E-state index contributed by atoms with van der Waals surface area (Å²) in [7, 11) is 0. The number of carbonyl (C=O) groups excluding carboxylic acids is 2. The fourth-order valence-corrected chi connectivity index (χ4v) is 2.92. The van der Waals surface area contributed by atoms with E-state index in [1.165, 1.54) is 18.3 Å². The second kappa shape index (κ2) is 7.24. The Balaban J connectivity index is 2.14. The quantitative estimate of drug-likeness (QED) is 0.549. The minimum atomic E-state index is -1.15. The van der Waals surface area contributed by atoms with Crippen molar-refractivity contribution in [1.82, 2.24) is 10.3 Å². The first-order valence-electron chi connectivity index (χ1n) is 7.41. The second-order valence-corrected chi connectivity index (χ2v) is 6.71. The van der Waals surface area contributed by atoms with Gasteiger partial charge in [-0.2, -0.15) is 0 Å². The van der Waals surface area contributed by atoms with Crippen molar-refractivity contribution in [3.63, 3.8) is 0 Å². The van der Waals surface area contributed by atoms with Crippen molar-refractivity contribution >= 4 is 28.3 Å². The summed E-state index contributed by atoms with van der Waals surface area (Å²) in [5.74, 6) is -0.245. The van der Waals surface area contributed by atoms with Gasteiger partial charge in [0.1, 0.15) is 5.00 Å². The van der Waals surface area contributed by atoms with E-state index < -0.39 is 30.8 Å². The van der Waals surface area contributed by atoms with Gasteiger partial charge in [-0.25, -0.2) is 14.6 Å². The topological polar surface area (TPSA) is 121 Å². The van der Waals surface area contributed by atoms with Crippen LogP contribution in [0.15, 0.2) is 0 Å². The molecule has 0 spiro atoms. The minimum absolute atomic E-state index is 0.0867. The van der Waals surface area contributed by atoms with Crippen LogP contribution < -0.4 is 10.6 Å². The Morgan fingerprint density at radius 2 is 2.04 bits per heavy atom. The Kier molecular flexibility index (Phi) is 5.55. The van der Waals surface area contributed by atoms with Gasteiger partial charge in [0.2, 0.25) is 0 Å². The van der Waals surface area contributed by atoms with Crippen molar-refractivity contribution in [2.24, 2.45) is 0 Å². The predicted molar refractivity (Wildman–Crippen MR) is 84.8 cm³/mol. The molecule has 0 aliphatic heterocycles. The number of ether oxygens (including phenoxy) is 1. The van der Waals surface area contributed by atoms with Gasteiger partial charge >= 0.3 is 12.0 Å². The van der Waals surface area contributed by atoms with Crippen LogP contribution in [0.2, 0.25) is 0 Å². The zero-order valence-electron chi connectivity index (χ0n) is 13.1. The number of aliphatic hydroxyl groups is 2. The van der Waals surface area contributed by atoms with Crippen molar-refractivity contribution in [2.45, 2.75) is 38.1 Å². The molecule has 0 saturated heterocycles. The number of nitrogens with zero attached hydrogens (tertiary/aromatic N) is 1. The largest absolute Gasteiger partial charge is 0.461 e. The first-order chi connectivity index (χ1) is 10.9. The number of thiazole rings is 1. The number of hydrogen-bond acceptors (Lipinski definition) is 7. The summed E-state index contributed by atoms with van der Waals surface area (Å²) in [6.07, 6.45) is 2.04. The molecule has 1 aromatic heterocycles. The smallest absolute Gasteiger partial charge is 0.360 e. The highest BCUT2D eigenvalue weighted by Crippen LogP contribution is 2.44. The van der Waals surface area contributed by atoms with E-state index in [2.05, 4.69) is 15.6 Å². The van der Waals surface area contributed by atoms with Crippen molar-refractivity contribution in [3.8, 4) is 0 Å². The molecule has 4 N–H and O–H groups in total. The third-order valence-electron chi connectivity index (χ3n) is 3.38. The van der Waals surface area contributed by atoms with Crippen LogP contribution in [0.3, 0.4) is 0 Å². The van der Waals surface area contributed by atoms with Gasteiger partial charge in [0.05, 0.1) is 30.4 Å². The summed E-state index contributed by atoms with van der Waals surface area (Å²) >= 11 is 1.24. The fraction of sp³-hybridized carbons (Fsp3) is 0.643. The molecule has 1 aromatic rings. The van der Waals surface area contributed by atoms with Crippen molar-refractivity contribution in [2.75, 3.05) is 25.1 Å². The summed E-state index contributed by atoms with van der Waals surface area (Å²) in [6, 6.07) is -0.632. The molecule has 1 aliphatic carbocycles. The van der Waals surface area contributed by atoms with Crippen molar-refractivity contribution in [3.05, 3.63) is 10.7 Å². The number of carbonyl (C=O) groups is 2. The lowest BCUT2D eigenvalue weighted by molar-refractivity contribution is 0.0521. The van der Waals surface area contributed by atoms with Gasteiger partial charge in [-0.3, -0.25) is 5.32 Å². The highest BCUT2D eigenvalue weighted by Gasteiger charge is 2.31. The van der Waals surface area contributed by atoms with E-state index in [1.54, 1.807) is 6.92 Å². The highest BCUT2D eigenvalue weighted by atomic mass is 32.1. The molecule has 0 bridgehead atoms. The van der Waals surface area contributed by atoms with Crippen LogP contribution in [0, 0.1) is 0 Å². The number of anilines is 1. The van der Waals surface area contributed by atoms with E-state index in [-0.39, 0.29) is 12.3 Å². The van der Waals surface area contributed by atoms with Crippen molar-refractivity contribution in [1.29, 1.82) is 0 Å². The Hall–Kier alpha value is -1.71. The number of aromatic nitrogens is 1. The maximum atomic E-state index is 12.1. The van der Waals surface area contributed by atoms with Crippen molar-refractivity contribution < 1.29 is 24.5 Å². The van der Waals surface area contributed by atoms with Crippen LogP contribution in [-0.2, 0) is 4.74 Å². The summed E-state index contributed by atoms with van der Waals surface area (Å²) in [5, 5.41) is 24.6. The molecule has 8 nitrogen and oxygen atoms in total. The number of esters is 1. The lowest BCUT2D eigenvalue weighted by atomic mass is 10.1. The third-order valence-corrected chi connectivity index (χ3v) is 4.51. The fourth-order valence-electron chi connectivity index (χ4n) is 1.80. The summed E-state index contributed by atoms with van der Waals surface area (Å²) < 4.78 is 4.96. The van der Waals surface area contributed by atoms with E-state index in [0.717, 1.165) is 17.8 Å². The molecule has 0 aromatic carbocycles. The lowest BCUT2D eigenvalue weighted by Gasteiger charge is -2.25. The standard InChI is InChI=1S/C14H21N3O5S/c1-3-22-12(20)9-11(23-10(15-9)8-4-5-8)16-13(21)17-14(2,6-18)7-19/h8,18-19H,3-7H2,1-2H3,(H2,16,17,21). The first kappa shape index (κ1) is 17.6. The molecular weight excluding hydrogens is 322 g/mol. The van der Waals surface area contributed by atoms with Gasteiger partial charge in [0.25, 0.3) is 0 Å². The number of aliphatic hydroxyl groups excluding tert-OH is 2. The molecule has 0 atom stereocenters. The third kappa shape index (κ3) is 4.40. The molecule has 23 heavy (non-hydrogen) atoms. The molecule has 128 valence electrons. The first-order valence-corrected chi connectivity index (χ1v) is 8.22. The minimum Gasteiger partial charge on any atom is -0.461 e. The molecule has 0 unspecified atom stereocenters. The molecule has 1 fully saturated rings. The van der Waals surface area contributed by atoms with Crippen LogP contribution in [0.4, 0.5) is 9.80 Å². The molecule has 0 radical (unpaired) electrons. The van der Waals surface area contributed by atoms with Crippen LogP contribution in [0.5, 0.6) is 0 Å². The van der Waals surface area contributed by atoms with E-state index >= 15 is 0 Å². The van der Waals surface area contributed by atoms with E-state index in [1.807, 2.05) is 0 Å². The van der Waals surface area contributed by atoms with E-state index in [9.17, 15) is 19.8 Å². The SMILES string of the molecule is CCOC(=O)c1nc(C2CC2)sc1NC(=O)NC(C)(CO)CO. The molecule has 1 heterocycles. The highest BCUT2D eigenvalue weighted by molar-refractivity contribution is 7.16. The van der Waals surface area contributed by atoms with Gasteiger partial charge in [0, 0.05) is 5.92 Å². The zero-order chi connectivity index (χ0) is 17.0. The molecule has 9 heteroatoms. The van der Waals surface area contributed by atoms with Crippen LogP contribution in [0.1, 0.15) is 48.1 Å². The Labute approximate surface area is 137 Å². The van der Waals surface area contributed by atoms with Gasteiger partial charge in [-0.15, -0.1) is 11.3 Å². The molecule has 2 rings (SSSR count). The maximum Gasteiger partial charge on any atom is 0.360 e. The Bertz CT molecular complexity index is 581. The maximum absolute atomic E-state index is 12.1. The summed E-state index contributed by atoms with van der Waals surface area (Å²) in [4.78, 5) is 28.3. The zero-order valence-corrected chi connectivity index (χ0v) is 13.9. The average Bonchev–Trinajstić information content (AvgIpc) is 3.29. The number of amides is 2. The van der Waals surface area contributed by atoms with Gasteiger partial charge in [-0.1, -0.05) is 0 Å². The molecule has 1 aliphatic rings. The lowest BCUT2D eigenvalue weighted by Crippen LogP contribution is -2.53. The molecule has 1 saturated carbocycles. The monoisotopic (exact) mass is 343 g/mol. The van der Waals surface area contributed by atoms with E-state index in [0.29, 0.717) is 10.9 Å². The number of urea groups is 1. The summed E-state index contributed by atoms with van der Waals surface area (Å²) in [5.41, 5.74) is -1.07. The molecular formula is C14H21N3O5S. The molecule has 2 amide bonds. The predicted octanol–water partition coefficient (Wildman–Crippen LogP) is 1.06. The van der Waals surface area contributed by atoms with Gasteiger partial charge < -0.3 is 20.3 Å².